The van der Waals surface area contributed by atoms with Crippen LogP contribution >= 0.6 is 0 Å². The van der Waals surface area contributed by atoms with Crippen molar-refractivity contribution in [2.75, 3.05) is 0 Å². The standard InChI is InChI=1S/C15H24/c1-7-12(3)15(5,6)14-10-8-9-11(2)13(14)4/h7,9H,8,10H2,1-6H3. The molecule has 0 saturated carbocycles. The van der Waals surface area contributed by atoms with Crippen molar-refractivity contribution in [2.45, 2.75) is 54.4 Å². The van der Waals surface area contributed by atoms with Gasteiger partial charge in [-0.25, -0.2) is 0 Å². The summed E-state index contributed by atoms with van der Waals surface area (Å²) in [5.41, 5.74) is 6.30. The molecule has 0 unspecified atom stereocenters. The highest BCUT2D eigenvalue weighted by Gasteiger charge is 2.27. The molecular formula is C15H24. The van der Waals surface area contributed by atoms with Gasteiger partial charge in [-0.2, -0.15) is 0 Å². The van der Waals surface area contributed by atoms with Crippen LogP contribution in [0.5, 0.6) is 0 Å². The van der Waals surface area contributed by atoms with Crippen molar-refractivity contribution in [1.82, 2.24) is 0 Å². The van der Waals surface area contributed by atoms with Crippen molar-refractivity contribution in [2.24, 2.45) is 5.41 Å². The first-order valence-electron chi connectivity index (χ1n) is 5.92. The molecule has 0 aromatic carbocycles. The summed E-state index contributed by atoms with van der Waals surface area (Å²) in [4.78, 5) is 0. The maximum atomic E-state index is 2.36. The maximum Gasteiger partial charge on any atom is 0.00670 e. The predicted molar refractivity (Wildman–Crippen MR) is 68.9 cm³/mol. The van der Waals surface area contributed by atoms with Crippen LogP contribution in [0, 0.1) is 5.41 Å². The summed E-state index contributed by atoms with van der Waals surface area (Å²) in [5, 5.41) is 0. The number of hydrogen-bond donors (Lipinski definition) is 0. The molecule has 84 valence electrons. The zero-order valence-corrected chi connectivity index (χ0v) is 11.1. The fraction of sp³-hybridized carbons (Fsp3) is 0.600. The molecule has 0 N–H and O–H groups in total. The first-order valence-corrected chi connectivity index (χ1v) is 5.92. The van der Waals surface area contributed by atoms with E-state index in [-0.39, 0.29) is 5.41 Å². The van der Waals surface area contributed by atoms with Crippen LogP contribution < -0.4 is 0 Å². The highest BCUT2D eigenvalue weighted by Crippen LogP contribution is 2.42. The quantitative estimate of drug-likeness (QED) is 0.553. The van der Waals surface area contributed by atoms with Gasteiger partial charge in [0.05, 0.1) is 0 Å². The zero-order valence-electron chi connectivity index (χ0n) is 11.1. The molecule has 0 aromatic rings. The van der Waals surface area contributed by atoms with Gasteiger partial charge in [-0.3, -0.25) is 0 Å². The molecule has 0 saturated heterocycles. The van der Waals surface area contributed by atoms with Gasteiger partial charge in [-0.1, -0.05) is 42.7 Å². The van der Waals surface area contributed by atoms with E-state index in [1.165, 1.54) is 29.6 Å². The Hall–Kier alpha value is -0.780. The first kappa shape index (κ1) is 12.3. The van der Waals surface area contributed by atoms with Crippen molar-refractivity contribution in [3.63, 3.8) is 0 Å². The summed E-state index contributed by atoms with van der Waals surface area (Å²) in [7, 11) is 0. The minimum Gasteiger partial charge on any atom is -0.0879 e. The van der Waals surface area contributed by atoms with E-state index < -0.39 is 0 Å². The largest absolute Gasteiger partial charge is 0.0879 e. The predicted octanol–water partition coefficient (Wildman–Crippen LogP) is 5.04. The molecule has 0 radical (unpaired) electrons. The van der Waals surface area contributed by atoms with Gasteiger partial charge in [0.25, 0.3) is 0 Å². The Morgan fingerprint density at radius 3 is 2.47 bits per heavy atom. The minimum absolute atomic E-state index is 0.231. The van der Waals surface area contributed by atoms with Crippen LogP contribution in [0.2, 0.25) is 0 Å². The maximum absolute atomic E-state index is 2.36. The van der Waals surface area contributed by atoms with Crippen molar-refractivity contribution in [1.29, 1.82) is 0 Å². The van der Waals surface area contributed by atoms with Gasteiger partial charge in [0.2, 0.25) is 0 Å². The smallest absolute Gasteiger partial charge is 0.00670 e. The van der Waals surface area contributed by atoms with Crippen LogP contribution in [0.3, 0.4) is 0 Å². The zero-order chi connectivity index (χ0) is 11.6. The first-order chi connectivity index (χ1) is 6.91. The number of rotatable bonds is 2. The molecule has 1 aliphatic carbocycles. The Morgan fingerprint density at radius 2 is 1.93 bits per heavy atom. The third kappa shape index (κ3) is 2.25. The van der Waals surface area contributed by atoms with Gasteiger partial charge in [0.15, 0.2) is 0 Å². The average molecular weight is 204 g/mol. The molecule has 0 atom stereocenters. The summed E-state index contributed by atoms with van der Waals surface area (Å²) in [6.45, 7) is 13.6. The van der Waals surface area contributed by atoms with Gasteiger partial charge in [-0.05, 0) is 46.1 Å². The number of hydrogen-bond acceptors (Lipinski definition) is 0. The van der Waals surface area contributed by atoms with E-state index in [9.17, 15) is 0 Å². The summed E-state index contributed by atoms with van der Waals surface area (Å²) in [5.74, 6) is 0. The molecule has 0 heteroatoms. The van der Waals surface area contributed by atoms with Crippen LogP contribution in [-0.4, -0.2) is 0 Å². The molecule has 0 fully saturated rings. The normalized spacial score (nSPS) is 19.3. The molecule has 0 bridgehead atoms. The van der Waals surface area contributed by atoms with Gasteiger partial charge < -0.3 is 0 Å². The van der Waals surface area contributed by atoms with Crippen molar-refractivity contribution in [3.8, 4) is 0 Å². The third-order valence-electron chi connectivity index (χ3n) is 4.06. The molecule has 0 aromatic heterocycles. The minimum atomic E-state index is 0.231. The van der Waals surface area contributed by atoms with E-state index in [1.54, 1.807) is 5.57 Å². The summed E-state index contributed by atoms with van der Waals surface area (Å²) < 4.78 is 0. The van der Waals surface area contributed by atoms with Crippen LogP contribution in [0.1, 0.15) is 54.4 Å². The van der Waals surface area contributed by atoms with Crippen molar-refractivity contribution >= 4 is 0 Å². The van der Waals surface area contributed by atoms with Crippen molar-refractivity contribution in [3.05, 3.63) is 34.4 Å². The van der Waals surface area contributed by atoms with Gasteiger partial charge >= 0.3 is 0 Å². The monoisotopic (exact) mass is 204 g/mol. The lowest BCUT2D eigenvalue weighted by molar-refractivity contribution is 0.505. The molecule has 1 rings (SSSR count). The van der Waals surface area contributed by atoms with E-state index in [1.807, 2.05) is 0 Å². The topological polar surface area (TPSA) is 0 Å². The Kier molecular flexibility index (Phi) is 3.59. The molecule has 0 nitrogen and oxygen atoms in total. The van der Waals surface area contributed by atoms with Crippen LogP contribution in [-0.2, 0) is 0 Å². The van der Waals surface area contributed by atoms with Crippen LogP contribution in [0.4, 0.5) is 0 Å². The summed E-state index contributed by atoms with van der Waals surface area (Å²) in [6, 6.07) is 0. The molecule has 1 aliphatic rings. The molecular weight excluding hydrogens is 180 g/mol. The lowest BCUT2D eigenvalue weighted by atomic mass is 9.71. The number of allylic oxidation sites excluding steroid dienone is 6. The molecule has 0 heterocycles. The molecule has 15 heavy (non-hydrogen) atoms. The second kappa shape index (κ2) is 4.38. The fourth-order valence-corrected chi connectivity index (χ4v) is 2.39. The Balaban J connectivity index is 3.17. The SMILES string of the molecule is CC=C(C)C(C)(C)C1=C(C)C(C)=CCC1. The average Bonchev–Trinajstić information content (AvgIpc) is 2.20. The van der Waals surface area contributed by atoms with Crippen LogP contribution in [0.15, 0.2) is 34.4 Å². The van der Waals surface area contributed by atoms with E-state index in [0.717, 1.165) is 0 Å². The second-order valence-corrected chi connectivity index (χ2v) is 5.13. The Bertz CT molecular complexity index is 335. The van der Waals surface area contributed by atoms with Gasteiger partial charge in [0.1, 0.15) is 0 Å². The fourth-order valence-electron chi connectivity index (χ4n) is 2.39. The Labute approximate surface area is 94.8 Å². The lowest BCUT2D eigenvalue weighted by Crippen LogP contribution is -2.19. The van der Waals surface area contributed by atoms with E-state index in [2.05, 4.69) is 53.7 Å². The van der Waals surface area contributed by atoms with Crippen molar-refractivity contribution < 1.29 is 0 Å². The van der Waals surface area contributed by atoms with E-state index >= 15 is 0 Å². The molecule has 0 spiro atoms. The summed E-state index contributed by atoms with van der Waals surface area (Å²) >= 11 is 0. The Morgan fingerprint density at radius 1 is 1.33 bits per heavy atom. The molecule has 0 amide bonds. The summed E-state index contributed by atoms with van der Waals surface area (Å²) in [6.07, 6.45) is 7.04. The van der Waals surface area contributed by atoms with E-state index in [4.69, 9.17) is 0 Å². The van der Waals surface area contributed by atoms with Gasteiger partial charge in [0, 0.05) is 5.41 Å². The molecule has 0 aliphatic heterocycles. The lowest BCUT2D eigenvalue weighted by Gasteiger charge is -2.33. The highest BCUT2D eigenvalue weighted by atomic mass is 14.3. The van der Waals surface area contributed by atoms with E-state index in [0.29, 0.717) is 0 Å². The highest BCUT2D eigenvalue weighted by molar-refractivity contribution is 5.41. The van der Waals surface area contributed by atoms with Gasteiger partial charge in [-0.15, -0.1) is 0 Å². The van der Waals surface area contributed by atoms with Crippen LogP contribution in [0.25, 0.3) is 0 Å². The third-order valence-corrected chi connectivity index (χ3v) is 4.06. The second-order valence-electron chi connectivity index (χ2n) is 5.13.